The van der Waals surface area contributed by atoms with Crippen molar-refractivity contribution in [2.24, 2.45) is 0 Å². The molecule has 2 N–H and O–H groups in total. The molecule has 0 bridgehead atoms. The van der Waals surface area contributed by atoms with Crippen LogP contribution in [0, 0.1) is 13.8 Å². The van der Waals surface area contributed by atoms with Crippen LogP contribution in [0.25, 0.3) is 0 Å². The van der Waals surface area contributed by atoms with Crippen LogP contribution in [-0.4, -0.2) is 22.4 Å². The maximum atomic E-state index is 12.6. The van der Waals surface area contributed by atoms with E-state index in [0.29, 0.717) is 0 Å². The maximum absolute atomic E-state index is 12.6. The normalized spacial score (nSPS) is 27.5. The topological polar surface area (TPSA) is 86.6 Å². The summed E-state index contributed by atoms with van der Waals surface area (Å²) in [5.74, 6) is -0.898. The molecule has 0 atom stereocenters. The number of phenols is 2. The lowest BCUT2D eigenvalue weighted by molar-refractivity contribution is -0.536. The van der Waals surface area contributed by atoms with Crippen LogP contribution in [0.1, 0.15) is 34.1 Å². The molecule has 0 aliphatic heterocycles. The molecular weight excluding hydrogens is 280 g/mol. The molecule has 4 nitrogen and oxygen atoms in total. The van der Waals surface area contributed by atoms with Gasteiger partial charge in [0.2, 0.25) is 0 Å². The molecule has 1 aliphatic carbocycles. The summed E-state index contributed by atoms with van der Waals surface area (Å²) in [5, 5.41) is 44.1. The first kappa shape index (κ1) is 14.9. The molecule has 3 rings (SSSR count). The number of aromatic hydroxyl groups is 2. The fraction of sp³-hybridized carbons (Fsp3) is 0.333. The first-order chi connectivity index (χ1) is 10.4. The molecule has 0 unspecified atom stereocenters. The maximum Gasteiger partial charge on any atom is 0.115 e. The smallest absolute Gasteiger partial charge is 0.115 e. The van der Waals surface area contributed by atoms with Crippen molar-refractivity contribution in [3.63, 3.8) is 0 Å². The quantitative estimate of drug-likeness (QED) is 0.867. The summed E-state index contributed by atoms with van der Waals surface area (Å²) in [6.45, 7) is 3.60. The number of rotatable bonds is 2. The van der Waals surface area contributed by atoms with Crippen molar-refractivity contribution in [3.8, 4) is 11.5 Å². The molecule has 22 heavy (non-hydrogen) atoms. The molecule has 0 spiro atoms. The number of hydrogen-bond donors (Lipinski definition) is 2. The molecule has 0 saturated heterocycles. The van der Waals surface area contributed by atoms with E-state index in [2.05, 4.69) is 0 Å². The Bertz CT molecular complexity index is 641. The van der Waals surface area contributed by atoms with Gasteiger partial charge in [-0.05, 0) is 72.2 Å². The molecule has 2 aromatic rings. The van der Waals surface area contributed by atoms with Crippen LogP contribution in [0.5, 0.6) is 11.5 Å². The Kier molecular flexibility index (Phi) is 3.59. The Hall–Kier alpha value is -2.04. The molecule has 0 amide bonds. The molecular formula is C18H18O4-2. The van der Waals surface area contributed by atoms with Gasteiger partial charge in [0.1, 0.15) is 11.5 Å². The van der Waals surface area contributed by atoms with Crippen molar-refractivity contribution < 1.29 is 20.4 Å². The van der Waals surface area contributed by atoms with Gasteiger partial charge in [-0.15, -0.1) is 12.2 Å². The van der Waals surface area contributed by atoms with Gasteiger partial charge in [-0.25, -0.2) is 0 Å². The fourth-order valence-electron chi connectivity index (χ4n) is 3.45. The number of phenolic OH excluding ortho intramolecular Hbond substituents is 2. The second-order valence-corrected chi connectivity index (χ2v) is 6.06. The summed E-state index contributed by atoms with van der Waals surface area (Å²) in [6.07, 6.45) is -2.01. The Labute approximate surface area is 129 Å². The predicted octanol–water partition coefficient (Wildman–Crippen LogP) is 1.05. The first-order valence-corrected chi connectivity index (χ1v) is 7.31. The zero-order valence-electron chi connectivity index (χ0n) is 12.5. The number of benzene rings is 2. The standard InChI is InChI=1S/C18H18O4/c1-9-7-11(19)3-5-13(9)15-17(21)16(18(15)22)14-6-4-12(20)8-10(14)2/h3-8,15-20H,1-2H3/q-2. The third kappa shape index (κ3) is 2.25. The SMILES string of the molecule is Cc1cc(O)ccc1C1C([O-])C(c2ccc(O)cc2C)C1[O-]. The third-order valence-corrected chi connectivity index (χ3v) is 4.64. The van der Waals surface area contributed by atoms with E-state index in [0.717, 1.165) is 22.3 Å². The van der Waals surface area contributed by atoms with Gasteiger partial charge in [0.25, 0.3) is 0 Å². The predicted molar refractivity (Wildman–Crippen MR) is 78.7 cm³/mol. The van der Waals surface area contributed by atoms with Gasteiger partial charge in [-0.2, -0.15) is 0 Å². The summed E-state index contributed by atoms with van der Waals surface area (Å²) in [6, 6.07) is 9.53. The lowest BCUT2D eigenvalue weighted by Gasteiger charge is -2.62. The summed E-state index contributed by atoms with van der Waals surface area (Å²) >= 11 is 0. The minimum absolute atomic E-state index is 0.136. The van der Waals surface area contributed by atoms with Gasteiger partial charge in [0.15, 0.2) is 0 Å². The average Bonchev–Trinajstić information content (AvgIpc) is 2.45. The lowest BCUT2D eigenvalue weighted by Crippen LogP contribution is -2.63. The average molecular weight is 298 g/mol. The number of aryl methyl sites for hydroxylation is 2. The van der Waals surface area contributed by atoms with Crippen LogP contribution in [-0.2, 0) is 0 Å². The minimum atomic E-state index is -1.01. The van der Waals surface area contributed by atoms with E-state index in [1.165, 1.54) is 12.1 Å². The van der Waals surface area contributed by atoms with Crippen molar-refractivity contribution >= 4 is 0 Å². The molecule has 0 radical (unpaired) electrons. The summed E-state index contributed by atoms with van der Waals surface area (Å²) in [5.41, 5.74) is 3.00. The summed E-state index contributed by atoms with van der Waals surface area (Å²) in [7, 11) is 0. The van der Waals surface area contributed by atoms with E-state index in [1.807, 2.05) is 0 Å². The monoisotopic (exact) mass is 298 g/mol. The van der Waals surface area contributed by atoms with Crippen LogP contribution in [0.15, 0.2) is 36.4 Å². The highest BCUT2D eigenvalue weighted by atomic mass is 16.3. The highest BCUT2D eigenvalue weighted by Crippen LogP contribution is 2.47. The third-order valence-electron chi connectivity index (χ3n) is 4.64. The van der Waals surface area contributed by atoms with E-state index >= 15 is 0 Å². The zero-order valence-corrected chi connectivity index (χ0v) is 12.5. The van der Waals surface area contributed by atoms with Gasteiger partial charge in [0.05, 0.1) is 0 Å². The Morgan fingerprint density at radius 2 is 1.09 bits per heavy atom. The summed E-state index contributed by atoms with van der Waals surface area (Å²) in [4.78, 5) is 0. The van der Waals surface area contributed by atoms with Crippen LogP contribution in [0.2, 0.25) is 0 Å². The molecule has 1 fully saturated rings. The molecule has 1 saturated carbocycles. The van der Waals surface area contributed by atoms with Crippen molar-refractivity contribution in [1.29, 1.82) is 0 Å². The van der Waals surface area contributed by atoms with Gasteiger partial charge in [0, 0.05) is 0 Å². The highest BCUT2D eigenvalue weighted by Gasteiger charge is 2.39. The van der Waals surface area contributed by atoms with Gasteiger partial charge >= 0.3 is 0 Å². The molecule has 2 aromatic carbocycles. The first-order valence-electron chi connectivity index (χ1n) is 7.31. The van der Waals surface area contributed by atoms with Crippen LogP contribution >= 0.6 is 0 Å². The number of hydrogen-bond acceptors (Lipinski definition) is 4. The van der Waals surface area contributed by atoms with E-state index in [4.69, 9.17) is 0 Å². The van der Waals surface area contributed by atoms with Crippen LogP contribution in [0.4, 0.5) is 0 Å². The molecule has 0 aromatic heterocycles. The van der Waals surface area contributed by atoms with Gasteiger partial charge in [-0.3, -0.25) is 0 Å². The Balaban J connectivity index is 1.91. The van der Waals surface area contributed by atoms with Crippen molar-refractivity contribution in [2.75, 3.05) is 0 Å². The van der Waals surface area contributed by atoms with E-state index in [1.54, 1.807) is 38.1 Å². The van der Waals surface area contributed by atoms with Crippen LogP contribution in [0.3, 0.4) is 0 Å². The van der Waals surface area contributed by atoms with E-state index < -0.39 is 24.0 Å². The Morgan fingerprint density at radius 1 is 0.727 bits per heavy atom. The lowest BCUT2D eigenvalue weighted by atomic mass is 9.62. The molecule has 1 aliphatic rings. The second kappa shape index (κ2) is 5.30. The fourth-order valence-corrected chi connectivity index (χ4v) is 3.45. The van der Waals surface area contributed by atoms with Gasteiger partial charge < -0.3 is 20.4 Å². The summed E-state index contributed by atoms with van der Waals surface area (Å²) < 4.78 is 0. The molecule has 0 heterocycles. The molecule has 116 valence electrons. The Morgan fingerprint density at radius 3 is 1.41 bits per heavy atom. The molecule has 4 heteroatoms. The van der Waals surface area contributed by atoms with E-state index in [-0.39, 0.29) is 11.5 Å². The zero-order chi connectivity index (χ0) is 16.0. The largest absolute Gasteiger partial charge is 0.851 e. The van der Waals surface area contributed by atoms with Crippen molar-refractivity contribution in [2.45, 2.75) is 37.9 Å². The second-order valence-electron chi connectivity index (χ2n) is 6.06. The van der Waals surface area contributed by atoms with Crippen molar-refractivity contribution in [3.05, 3.63) is 58.7 Å². The van der Waals surface area contributed by atoms with Crippen LogP contribution < -0.4 is 10.2 Å². The minimum Gasteiger partial charge on any atom is -0.851 e. The highest BCUT2D eigenvalue weighted by molar-refractivity contribution is 5.44. The van der Waals surface area contributed by atoms with Crippen molar-refractivity contribution in [1.82, 2.24) is 0 Å². The van der Waals surface area contributed by atoms with E-state index in [9.17, 15) is 20.4 Å². The van der Waals surface area contributed by atoms with Gasteiger partial charge in [-0.1, -0.05) is 12.1 Å².